The molecule has 6 unspecified atom stereocenters. The molecule has 164 valence electrons. The van der Waals surface area contributed by atoms with Gasteiger partial charge in [-0.15, -0.1) is 0 Å². The minimum absolute atomic E-state index is 0.0405. The molecular weight excluding hydrogens is 445 g/mol. The van der Waals surface area contributed by atoms with Crippen molar-refractivity contribution in [3.05, 3.63) is 64.7 Å². The standard InChI is InChI=1S/C23H16ClF3N2O3/c24-12-6-4-10(5-7-12)19-18-14-9-15(20(18)32-28-19)17-16(14)21(30)29(22(17)31)13-3-1-2-11(8-13)23(25,26)27/h1-8,14-18,20H,9H2. The van der Waals surface area contributed by atoms with E-state index in [1.807, 2.05) is 12.1 Å². The van der Waals surface area contributed by atoms with Crippen LogP contribution in [-0.2, 0) is 20.6 Å². The molecule has 6 rings (SSSR count). The number of rotatable bonds is 2. The first-order valence-electron chi connectivity index (χ1n) is 10.3. The van der Waals surface area contributed by atoms with Crippen LogP contribution in [0.15, 0.2) is 53.7 Å². The highest BCUT2D eigenvalue weighted by Crippen LogP contribution is 2.62. The monoisotopic (exact) mass is 460 g/mol. The van der Waals surface area contributed by atoms with E-state index in [-0.39, 0.29) is 29.5 Å². The topological polar surface area (TPSA) is 59.0 Å². The van der Waals surface area contributed by atoms with Gasteiger partial charge in [0.1, 0.15) is 6.10 Å². The van der Waals surface area contributed by atoms with Crippen LogP contribution in [0, 0.1) is 29.6 Å². The number of halogens is 4. The first kappa shape index (κ1) is 19.8. The molecule has 2 aromatic carbocycles. The van der Waals surface area contributed by atoms with Crippen LogP contribution in [0.3, 0.4) is 0 Å². The van der Waals surface area contributed by atoms with Gasteiger partial charge in [0.05, 0.1) is 28.8 Å². The van der Waals surface area contributed by atoms with Crippen LogP contribution in [0.1, 0.15) is 17.5 Å². The van der Waals surface area contributed by atoms with Gasteiger partial charge in [0.15, 0.2) is 0 Å². The molecule has 2 aliphatic carbocycles. The van der Waals surface area contributed by atoms with E-state index in [2.05, 4.69) is 5.16 Å². The average Bonchev–Trinajstić information content (AvgIpc) is 3.48. The third kappa shape index (κ3) is 2.62. The van der Waals surface area contributed by atoms with Gasteiger partial charge < -0.3 is 4.84 Å². The van der Waals surface area contributed by atoms with E-state index >= 15 is 0 Å². The lowest BCUT2D eigenvalue weighted by molar-refractivity contribution is -0.137. The maximum atomic E-state index is 13.4. The number of carbonyl (C=O) groups excluding carboxylic acids is 2. The molecule has 0 N–H and O–H groups in total. The number of amides is 2. The summed E-state index contributed by atoms with van der Waals surface area (Å²) in [5.41, 5.74) is 0.641. The normalized spacial score (nSPS) is 32.8. The van der Waals surface area contributed by atoms with E-state index in [1.54, 1.807) is 12.1 Å². The molecule has 9 heteroatoms. The van der Waals surface area contributed by atoms with Crippen molar-refractivity contribution in [2.75, 3.05) is 4.90 Å². The Kier molecular flexibility index (Phi) is 4.06. The largest absolute Gasteiger partial charge is 0.416 e. The molecule has 2 heterocycles. The number of carbonyl (C=O) groups is 2. The molecule has 0 aromatic heterocycles. The summed E-state index contributed by atoms with van der Waals surface area (Å²) < 4.78 is 39.5. The van der Waals surface area contributed by atoms with Gasteiger partial charge in [-0.3, -0.25) is 14.5 Å². The summed E-state index contributed by atoms with van der Waals surface area (Å²) in [6.45, 7) is 0. The zero-order valence-electron chi connectivity index (χ0n) is 16.4. The van der Waals surface area contributed by atoms with Crippen molar-refractivity contribution in [1.82, 2.24) is 0 Å². The number of benzene rings is 2. The molecule has 2 amide bonds. The molecule has 3 fully saturated rings. The van der Waals surface area contributed by atoms with Gasteiger partial charge in [-0.1, -0.05) is 35.0 Å². The molecule has 2 aromatic rings. The molecule has 32 heavy (non-hydrogen) atoms. The van der Waals surface area contributed by atoms with E-state index in [9.17, 15) is 22.8 Å². The van der Waals surface area contributed by atoms with Crippen molar-refractivity contribution in [1.29, 1.82) is 0 Å². The molecule has 0 radical (unpaired) electrons. The Labute approximate surface area is 185 Å². The van der Waals surface area contributed by atoms with E-state index in [1.165, 1.54) is 12.1 Å². The zero-order valence-corrected chi connectivity index (χ0v) is 17.2. The Hall–Kier alpha value is -2.87. The van der Waals surface area contributed by atoms with Crippen LogP contribution < -0.4 is 4.90 Å². The summed E-state index contributed by atoms with van der Waals surface area (Å²) >= 11 is 5.99. The van der Waals surface area contributed by atoms with Gasteiger partial charge in [-0.2, -0.15) is 13.2 Å². The van der Waals surface area contributed by atoms with Crippen molar-refractivity contribution < 1.29 is 27.6 Å². The van der Waals surface area contributed by atoms with Crippen molar-refractivity contribution >= 4 is 34.8 Å². The van der Waals surface area contributed by atoms with E-state index in [0.717, 1.165) is 28.3 Å². The van der Waals surface area contributed by atoms with E-state index in [0.29, 0.717) is 11.4 Å². The van der Waals surface area contributed by atoms with Crippen LogP contribution in [0.5, 0.6) is 0 Å². The highest BCUT2D eigenvalue weighted by atomic mass is 35.5. The lowest BCUT2D eigenvalue weighted by Crippen LogP contribution is -2.41. The number of nitrogens with zero attached hydrogens (tertiary/aromatic N) is 2. The molecule has 2 aliphatic heterocycles. The Balaban J connectivity index is 1.34. The Morgan fingerprint density at radius 3 is 2.34 bits per heavy atom. The van der Waals surface area contributed by atoms with Gasteiger partial charge in [0.25, 0.3) is 0 Å². The van der Waals surface area contributed by atoms with E-state index < -0.39 is 35.4 Å². The lowest BCUT2D eigenvalue weighted by Gasteiger charge is -2.29. The summed E-state index contributed by atoms with van der Waals surface area (Å²) in [6, 6.07) is 11.5. The first-order valence-corrected chi connectivity index (χ1v) is 10.7. The maximum absolute atomic E-state index is 13.4. The zero-order chi connectivity index (χ0) is 22.4. The second kappa shape index (κ2) is 6.57. The molecule has 2 saturated carbocycles. The quantitative estimate of drug-likeness (QED) is 0.618. The van der Waals surface area contributed by atoms with Gasteiger partial charge in [-0.05, 0) is 48.2 Å². The Bertz CT molecular complexity index is 1180. The van der Waals surface area contributed by atoms with Crippen molar-refractivity contribution in [2.24, 2.45) is 34.7 Å². The summed E-state index contributed by atoms with van der Waals surface area (Å²) in [5, 5.41) is 4.86. The summed E-state index contributed by atoms with van der Waals surface area (Å²) in [6.07, 6.45) is -4.22. The number of fused-ring (bicyclic) bond motifs is 8. The van der Waals surface area contributed by atoms with Crippen LogP contribution >= 0.6 is 11.6 Å². The third-order valence-corrected chi connectivity index (χ3v) is 7.51. The molecule has 6 atom stereocenters. The molecular formula is C23H16ClF3N2O3. The van der Waals surface area contributed by atoms with Crippen molar-refractivity contribution in [3.63, 3.8) is 0 Å². The lowest BCUT2D eigenvalue weighted by atomic mass is 9.71. The fourth-order valence-electron chi connectivity index (χ4n) is 6.06. The Morgan fingerprint density at radius 1 is 0.969 bits per heavy atom. The average molecular weight is 461 g/mol. The summed E-state index contributed by atoms with van der Waals surface area (Å²) in [7, 11) is 0. The molecule has 5 nitrogen and oxygen atoms in total. The number of oxime groups is 1. The van der Waals surface area contributed by atoms with E-state index in [4.69, 9.17) is 16.4 Å². The SMILES string of the molecule is O=C1C2C3CC(C4C(c5ccc(Cl)cc5)=NOC34)C2C(=O)N1c1cccc(C(F)(F)F)c1. The second-order valence-corrected chi connectivity index (χ2v) is 9.19. The fraction of sp³-hybridized carbons (Fsp3) is 0.348. The van der Waals surface area contributed by atoms with Gasteiger partial charge in [-0.25, -0.2) is 0 Å². The number of hydrogen-bond donors (Lipinski definition) is 0. The predicted octanol–water partition coefficient (Wildman–Crippen LogP) is 4.53. The Morgan fingerprint density at radius 2 is 1.66 bits per heavy atom. The molecule has 4 aliphatic rings. The van der Waals surface area contributed by atoms with Gasteiger partial charge >= 0.3 is 6.18 Å². The fourth-order valence-corrected chi connectivity index (χ4v) is 6.19. The first-order chi connectivity index (χ1) is 15.3. The summed E-state index contributed by atoms with van der Waals surface area (Å²) in [5.74, 6) is -2.55. The van der Waals surface area contributed by atoms with Crippen LogP contribution in [0.2, 0.25) is 5.02 Å². The number of imide groups is 1. The van der Waals surface area contributed by atoms with Crippen molar-refractivity contribution in [3.8, 4) is 0 Å². The van der Waals surface area contributed by atoms with Crippen LogP contribution in [0.4, 0.5) is 18.9 Å². The van der Waals surface area contributed by atoms with Crippen LogP contribution in [-0.4, -0.2) is 23.6 Å². The minimum Gasteiger partial charge on any atom is -0.391 e. The molecule has 0 spiro atoms. The predicted molar refractivity (Wildman–Crippen MR) is 109 cm³/mol. The second-order valence-electron chi connectivity index (χ2n) is 8.75. The number of alkyl halides is 3. The van der Waals surface area contributed by atoms with Gasteiger partial charge in [0.2, 0.25) is 11.8 Å². The maximum Gasteiger partial charge on any atom is 0.416 e. The molecule has 2 bridgehead atoms. The van der Waals surface area contributed by atoms with Gasteiger partial charge in [0, 0.05) is 16.9 Å². The number of anilines is 1. The minimum atomic E-state index is -4.56. The highest BCUT2D eigenvalue weighted by molar-refractivity contribution is 6.30. The summed E-state index contributed by atoms with van der Waals surface area (Å²) in [4.78, 5) is 33.3. The third-order valence-electron chi connectivity index (χ3n) is 7.26. The van der Waals surface area contributed by atoms with Crippen molar-refractivity contribution in [2.45, 2.75) is 18.7 Å². The van der Waals surface area contributed by atoms with Crippen LogP contribution in [0.25, 0.3) is 0 Å². The molecule has 1 saturated heterocycles. The number of hydrogen-bond acceptors (Lipinski definition) is 4. The smallest absolute Gasteiger partial charge is 0.391 e. The highest BCUT2D eigenvalue weighted by Gasteiger charge is 2.70.